The molecule has 1 saturated heterocycles. The fourth-order valence-electron chi connectivity index (χ4n) is 3.17. The van der Waals surface area contributed by atoms with Crippen molar-refractivity contribution in [3.05, 3.63) is 54.1 Å². The average molecular weight is 368 g/mol. The minimum absolute atomic E-state index is 0.0463. The van der Waals surface area contributed by atoms with E-state index in [1.165, 1.54) is 0 Å². The Labute approximate surface area is 159 Å². The Morgan fingerprint density at radius 3 is 2.63 bits per heavy atom. The van der Waals surface area contributed by atoms with Crippen molar-refractivity contribution < 1.29 is 19.1 Å². The van der Waals surface area contributed by atoms with Gasteiger partial charge in [0.15, 0.2) is 0 Å². The van der Waals surface area contributed by atoms with Gasteiger partial charge in [-0.3, -0.25) is 9.59 Å². The lowest BCUT2D eigenvalue weighted by Gasteiger charge is -2.17. The van der Waals surface area contributed by atoms with Gasteiger partial charge in [-0.25, -0.2) is 0 Å². The van der Waals surface area contributed by atoms with E-state index in [0.717, 1.165) is 22.7 Å². The van der Waals surface area contributed by atoms with E-state index in [9.17, 15) is 9.59 Å². The molecule has 1 aliphatic heterocycles. The van der Waals surface area contributed by atoms with Gasteiger partial charge in [-0.05, 0) is 37.3 Å². The number of amides is 2. The highest BCUT2D eigenvalue weighted by molar-refractivity contribution is 6.00. The van der Waals surface area contributed by atoms with E-state index >= 15 is 0 Å². The molecule has 1 fully saturated rings. The number of para-hydroxylation sites is 1. The van der Waals surface area contributed by atoms with Crippen LogP contribution in [0.2, 0.25) is 0 Å². The molecule has 0 aromatic heterocycles. The maximum Gasteiger partial charge on any atom is 0.227 e. The SMILES string of the molecule is CCOc1ccccc1CNC(=O)C1CC(=O)N(c2ccc(OC)cc2)C1. The van der Waals surface area contributed by atoms with Crippen LogP contribution in [0.25, 0.3) is 0 Å². The zero-order valence-corrected chi connectivity index (χ0v) is 15.6. The number of nitrogens with one attached hydrogen (secondary N) is 1. The molecule has 142 valence electrons. The largest absolute Gasteiger partial charge is 0.497 e. The molecule has 0 spiro atoms. The summed E-state index contributed by atoms with van der Waals surface area (Å²) < 4.78 is 10.7. The van der Waals surface area contributed by atoms with Crippen LogP contribution in [0.5, 0.6) is 11.5 Å². The first-order valence-electron chi connectivity index (χ1n) is 9.05. The lowest BCUT2D eigenvalue weighted by Crippen LogP contribution is -2.32. The highest BCUT2D eigenvalue weighted by atomic mass is 16.5. The van der Waals surface area contributed by atoms with Gasteiger partial charge in [0, 0.05) is 30.8 Å². The fourth-order valence-corrected chi connectivity index (χ4v) is 3.17. The van der Waals surface area contributed by atoms with E-state index in [4.69, 9.17) is 9.47 Å². The van der Waals surface area contributed by atoms with Crippen molar-refractivity contribution in [1.82, 2.24) is 5.32 Å². The Balaban J connectivity index is 1.60. The Kier molecular flexibility index (Phi) is 5.96. The van der Waals surface area contributed by atoms with Crippen molar-refractivity contribution in [2.45, 2.75) is 19.9 Å². The number of hydrogen-bond acceptors (Lipinski definition) is 4. The van der Waals surface area contributed by atoms with Crippen molar-refractivity contribution in [3.63, 3.8) is 0 Å². The van der Waals surface area contributed by atoms with Crippen molar-refractivity contribution in [1.29, 1.82) is 0 Å². The first-order chi connectivity index (χ1) is 13.1. The summed E-state index contributed by atoms with van der Waals surface area (Å²) in [5.74, 6) is 0.967. The van der Waals surface area contributed by atoms with Gasteiger partial charge >= 0.3 is 0 Å². The van der Waals surface area contributed by atoms with Crippen LogP contribution in [-0.4, -0.2) is 32.1 Å². The first kappa shape index (κ1) is 18.8. The Hall–Kier alpha value is -3.02. The van der Waals surface area contributed by atoms with Gasteiger partial charge in [0.2, 0.25) is 11.8 Å². The van der Waals surface area contributed by atoms with Gasteiger partial charge in [0.25, 0.3) is 0 Å². The van der Waals surface area contributed by atoms with Crippen LogP contribution < -0.4 is 19.7 Å². The number of methoxy groups -OCH3 is 1. The molecule has 0 saturated carbocycles. The zero-order chi connectivity index (χ0) is 19.2. The second-order valence-corrected chi connectivity index (χ2v) is 6.36. The maximum atomic E-state index is 12.6. The fraction of sp³-hybridized carbons (Fsp3) is 0.333. The summed E-state index contributed by atoms with van der Waals surface area (Å²) in [5.41, 5.74) is 1.70. The van der Waals surface area contributed by atoms with Crippen LogP contribution in [0.15, 0.2) is 48.5 Å². The average Bonchev–Trinajstić information content (AvgIpc) is 3.09. The molecule has 27 heavy (non-hydrogen) atoms. The molecule has 0 aliphatic carbocycles. The zero-order valence-electron chi connectivity index (χ0n) is 15.6. The van der Waals surface area contributed by atoms with E-state index in [2.05, 4.69) is 5.32 Å². The Morgan fingerprint density at radius 2 is 1.93 bits per heavy atom. The van der Waals surface area contributed by atoms with E-state index in [1.807, 2.05) is 43.3 Å². The van der Waals surface area contributed by atoms with Crippen LogP contribution in [0.4, 0.5) is 5.69 Å². The lowest BCUT2D eigenvalue weighted by atomic mass is 10.1. The molecule has 6 heteroatoms. The van der Waals surface area contributed by atoms with Crippen LogP contribution in [0.3, 0.4) is 0 Å². The highest BCUT2D eigenvalue weighted by Crippen LogP contribution is 2.27. The number of carbonyl (C=O) groups excluding carboxylic acids is 2. The maximum absolute atomic E-state index is 12.6. The summed E-state index contributed by atoms with van der Waals surface area (Å²) in [4.78, 5) is 26.6. The van der Waals surface area contributed by atoms with Crippen molar-refractivity contribution in [3.8, 4) is 11.5 Å². The van der Waals surface area contributed by atoms with Crippen LogP contribution in [-0.2, 0) is 16.1 Å². The molecular formula is C21H24N2O4. The molecule has 1 atom stereocenters. The summed E-state index contributed by atoms with van der Waals surface area (Å²) >= 11 is 0. The second kappa shape index (κ2) is 8.58. The van der Waals surface area contributed by atoms with E-state index in [1.54, 1.807) is 24.1 Å². The van der Waals surface area contributed by atoms with Gasteiger partial charge in [-0.2, -0.15) is 0 Å². The van der Waals surface area contributed by atoms with Crippen LogP contribution >= 0.6 is 0 Å². The van der Waals surface area contributed by atoms with Gasteiger partial charge in [0.05, 0.1) is 19.6 Å². The van der Waals surface area contributed by atoms with Crippen molar-refractivity contribution in [2.75, 3.05) is 25.2 Å². The van der Waals surface area contributed by atoms with Gasteiger partial charge < -0.3 is 19.7 Å². The van der Waals surface area contributed by atoms with Crippen molar-refractivity contribution >= 4 is 17.5 Å². The quantitative estimate of drug-likeness (QED) is 0.816. The number of anilines is 1. The first-order valence-corrected chi connectivity index (χ1v) is 9.05. The highest BCUT2D eigenvalue weighted by Gasteiger charge is 2.35. The number of benzene rings is 2. The van der Waals surface area contributed by atoms with Crippen molar-refractivity contribution in [2.24, 2.45) is 5.92 Å². The molecule has 2 aromatic carbocycles. The summed E-state index contributed by atoms with van der Waals surface area (Å²) in [6.45, 7) is 3.25. The molecule has 6 nitrogen and oxygen atoms in total. The van der Waals surface area contributed by atoms with Gasteiger partial charge in [-0.1, -0.05) is 18.2 Å². The smallest absolute Gasteiger partial charge is 0.227 e. The third-order valence-electron chi connectivity index (χ3n) is 4.61. The molecule has 2 aromatic rings. The predicted octanol–water partition coefficient (Wildman–Crippen LogP) is 2.76. The Morgan fingerprint density at radius 1 is 1.19 bits per heavy atom. The summed E-state index contributed by atoms with van der Waals surface area (Å²) in [7, 11) is 1.60. The third-order valence-corrected chi connectivity index (χ3v) is 4.61. The molecule has 1 N–H and O–H groups in total. The third kappa shape index (κ3) is 4.39. The summed E-state index contributed by atoms with van der Waals surface area (Å²) in [6.07, 6.45) is 0.213. The lowest BCUT2D eigenvalue weighted by molar-refractivity contribution is -0.126. The second-order valence-electron chi connectivity index (χ2n) is 6.36. The van der Waals surface area contributed by atoms with Crippen LogP contribution in [0, 0.1) is 5.92 Å². The normalized spacial score (nSPS) is 16.3. The van der Waals surface area contributed by atoms with E-state index in [-0.39, 0.29) is 24.2 Å². The Bertz CT molecular complexity index is 804. The number of ether oxygens (including phenoxy) is 2. The monoisotopic (exact) mass is 368 g/mol. The summed E-state index contributed by atoms with van der Waals surface area (Å²) in [5, 5.41) is 2.93. The van der Waals surface area contributed by atoms with Crippen LogP contribution in [0.1, 0.15) is 18.9 Å². The topological polar surface area (TPSA) is 67.9 Å². The molecule has 0 radical (unpaired) electrons. The number of nitrogens with zero attached hydrogens (tertiary/aromatic N) is 1. The number of carbonyl (C=O) groups is 2. The minimum atomic E-state index is -0.362. The number of rotatable bonds is 7. The molecule has 2 amide bonds. The molecule has 1 heterocycles. The molecule has 0 bridgehead atoms. The predicted molar refractivity (Wildman–Crippen MR) is 103 cm³/mol. The molecule has 1 aliphatic rings. The molecule has 3 rings (SSSR count). The number of hydrogen-bond donors (Lipinski definition) is 1. The van der Waals surface area contributed by atoms with E-state index < -0.39 is 0 Å². The van der Waals surface area contributed by atoms with Gasteiger partial charge in [-0.15, -0.1) is 0 Å². The minimum Gasteiger partial charge on any atom is -0.497 e. The van der Waals surface area contributed by atoms with Gasteiger partial charge in [0.1, 0.15) is 11.5 Å². The molecule has 1 unspecified atom stereocenters. The molecular weight excluding hydrogens is 344 g/mol. The standard InChI is InChI=1S/C21H24N2O4/c1-3-27-19-7-5-4-6-15(19)13-22-21(25)16-12-20(24)23(14-16)17-8-10-18(26-2)11-9-17/h4-11,16H,3,12-14H2,1-2H3,(H,22,25). The van der Waals surface area contributed by atoms with E-state index in [0.29, 0.717) is 19.7 Å². The summed E-state index contributed by atoms with van der Waals surface area (Å²) in [6, 6.07) is 14.9.